The molecule has 1 heterocycles. The molecule has 94 valence electrons. The third-order valence-electron chi connectivity index (χ3n) is 2.04. The van der Waals surface area contributed by atoms with Crippen LogP contribution in [0.4, 0.5) is 0 Å². The molecule has 0 saturated carbocycles. The molecular weight excluding hydrogens is 284 g/mol. The van der Waals surface area contributed by atoms with E-state index in [4.69, 9.17) is 34.8 Å². The van der Waals surface area contributed by atoms with Crippen LogP contribution < -0.4 is 5.32 Å². The van der Waals surface area contributed by atoms with Crippen molar-refractivity contribution in [3.05, 3.63) is 27.5 Å². The first-order valence-electron chi connectivity index (χ1n) is 4.93. The fraction of sp³-hybridized carbons (Fsp3) is 0.400. The Labute approximate surface area is 115 Å². The predicted molar refractivity (Wildman–Crippen MR) is 69.1 cm³/mol. The number of nitrogens with zero attached hydrogens (tertiary/aromatic N) is 2. The van der Waals surface area contributed by atoms with Crippen molar-refractivity contribution in [2.45, 2.75) is 12.8 Å². The Balaban J connectivity index is 2.29. The molecule has 1 amide bonds. The van der Waals surface area contributed by atoms with Crippen LogP contribution in [0.3, 0.4) is 0 Å². The second kappa shape index (κ2) is 6.89. The third kappa shape index (κ3) is 5.44. The van der Waals surface area contributed by atoms with Crippen molar-refractivity contribution >= 4 is 40.7 Å². The highest BCUT2D eigenvalue weighted by atomic mass is 35.5. The summed E-state index contributed by atoms with van der Waals surface area (Å²) in [5.41, 5.74) is 1.01. The van der Waals surface area contributed by atoms with Crippen LogP contribution in [0, 0.1) is 0 Å². The summed E-state index contributed by atoms with van der Waals surface area (Å²) in [6, 6.07) is 0. The Morgan fingerprint density at radius 1 is 1.47 bits per heavy atom. The summed E-state index contributed by atoms with van der Waals surface area (Å²) in [5, 5.41) is 6.85. The van der Waals surface area contributed by atoms with Crippen molar-refractivity contribution in [2.24, 2.45) is 7.05 Å². The second-order valence-electron chi connectivity index (χ2n) is 3.46. The Morgan fingerprint density at radius 2 is 2.18 bits per heavy atom. The predicted octanol–water partition coefficient (Wildman–Crippen LogP) is 2.35. The number of carbonyl (C=O) groups is 1. The zero-order valence-corrected chi connectivity index (χ0v) is 11.5. The number of halogens is 3. The van der Waals surface area contributed by atoms with E-state index in [0.29, 0.717) is 12.8 Å². The summed E-state index contributed by atoms with van der Waals surface area (Å²) in [5.74, 6) is -0.110. The number of aromatic nitrogens is 2. The monoisotopic (exact) mass is 295 g/mol. The van der Waals surface area contributed by atoms with Crippen molar-refractivity contribution in [3.63, 3.8) is 0 Å². The normalized spacial score (nSPS) is 10.1. The zero-order valence-electron chi connectivity index (χ0n) is 9.21. The Bertz CT molecular complexity index is 424. The highest BCUT2D eigenvalue weighted by Crippen LogP contribution is 2.16. The van der Waals surface area contributed by atoms with Crippen LogP contribution in [0.1, 0.15) is 12.0 Å². The van der Waals surface area contributed by atoms with Gasteiger partial charge in [0.15, 0.2) is 0 Å². The smallest absolute Gasteiger partial charge is 0.220 e. The molecule has 0 spiro atoms. The van der Waals surface area contributed by atoms with Gasteiger partial charge in [-0.1, -0.05) is 34.8 Å². The Morgan fingerprint density at radius 3 is 2.71 bits per heavy atom. The number of rotatable bonds is 5. The van der Waals surface area contributed by atoms with E-state index < -0.39 is 0 Å². The van der Waals surface area contributed by atoms with E-state index in [1.165, 1.54) is 0 Å². The van der Waals surface area contributed by atoms with E-state index in [2.05, 4.69) is 10.4 Å². The van der Waals surface area contributed by atoms with Gasteiger partial charge in [0.25, 0.3) is 0 Å². The largest absolute Gasteiger partial charge is 0.351 e. The number of nitrogens with one attached hydrogen (secondary N) is 1. The van der Waals surface area contributed by atoms with Gasteiger partial charge in [-0.05, 0) is 12.0 Å². The number of carbonyl (C=O) groups excluding carboxylic acids is 1. The molecule has 0 aromatic carbocycles. The van der Waals surface area contributed by atoms with Gasteiger partial charge in [0.2, 0.25) is 5.91 Å². The van der Waals surface area contributed by atoms with Gasteiger partial charge >= 0.3 is 0 Å². The van der Waals surface area contributed by atoms with E-state index in [1.54, 1.807) is 10.9 Å². The number of hydrogen-bond donors (Lipinski definition) is 1. The molecule has 0 unspecified atom stereocenters. The molecule has 0 aliphatic carbocycles. The van der Waals surface area contributed by atoms with E-state index in [-0.39, 0.29) is 22.0 Å². The van der Waals surface area contributed by atoms with Crippen molar-refractivity contribution in [1.82, 2.24) is 15.1 Å². The molecule has 0 bridgehead atoms. The van der Waals surface area contributed by atoms with Crippen LogP contribution >= 0.6 is 34.8 Å². The molecule has 0 fully saturated rings. The van der Waals surface area contributed by atoms with Crippen molar-refractivity contribution in [2.75, 3.05) is 6.54 Å². The van der Waals surface area contributed by atoms with Gasteiger partial charge in [-0.2, -0.15) is 5.10 Å². The van der Waals surface area contributed by atoms with Gasteiger partial charge < -0.3 is 5.32 Å². The van der Waals surface area contributed by atoms with Gasteiger partial charge in [0.05, 0.1) is 17.8 Å². The SMILES string of the molecule is Cn1cc(CCC(=O)NCC(Cl)=C(Cl)Cl)cn1. The summed E-state index contributed by atoms with van der Waals surface area (Å²) in [6.45, 7) is 0.149. The lowest BCUT2D eigenvalue weighted by Crippen LogP contribution is -2.24. The summed E-state index contributed by atoms with van der Waals surface area (Å²) >= 11 is 16.5. The van der Waals surface area contributed by atoms with Gasteiger partial charge in [0, 0.05) is 19.7 Å². The minimum absolute atomic E-state index is 0.0285. The molecule has 0 aliphatic heterocycles. The van der Waals surface area contributed by atoms with Crippen LogP contribution in [-0.4, -0.2) is 22.2 Å². The van der Waals surface area contributed by atoms with Crippen molar-refractivity contribution in [1.29, 1.82) is 0 Å². The van der Waals surface area contributed by atoms with E-state index >= 15 is 0 Å². The first kappa shape index (κ1) is 14.4. The molecule has 1 N–H and O–H groups in total. The molecule has 0 atom stereocenters. The third-order valence-corrected chi connectivity index (χ3v) is 3.02. The first-order valence-corrected chi connectivity index (χ1v) is 6.06. The fourth-order valence-electron chi connectivity index (χ4n) is 1.19. The minimum Gasteiger partial charge on any atom is -0.351 e. The van der Waals surface area contributed by atoms with Crippen LogP contribution in [-0.2, 0) is 18.3 Å². The molecule has 0 aliphatic rings. The zero-order chi connectivity index (χ0) is 12.8. The molecule has 4 nitrogen and oxygen atoms in total. The number of aryl methyl sites for hydroxylation is 2. The quantitative estimate of drug-likeness (QED) is 0.906. The van der Waals surface area contributed by atoms with Crippen LogP contribution in [0.5, 0.6) is 0 Å². The summed E-state index contributed by atoms with van der Waals surface area (Å²) < 4.78 is 1.67. The average Bonchev–Trinajstić information content (AvgIpc) is 2.69. The van der Waals surface area contributed by atoms with Crippen LogP contribution in [0.2, 0.25) is 0 Å². The Hall–Kier alpha value is -0.710. The summed E-state index contributed by atoms with van der Waals surface area (Å²) in [6.07, 6.45) is 4.61. The van der Waals surface area contributed by atoms with Crippen LogP contribution in [0.15, 0.2) is 21.9 Å². The molecule has 7 heteroatoms. The van der Waals surface area contributed by atoms with Gasteiger partial charge in [-0.3, -0.25) is 9.48 Å². The highest BCUT2D eigenvalue weighted by molar-refractivity contribution is 6.59. The lowest BCUT2D eigenvalue weighted by Gasteiger charge is -2.03. The van der Waals surface area contributed by atoms with Crippen molar-refractivity contribution in [3.8, 4) is 0 Å². The standard InChI is InChI=1S/C10H12Cl3N3O/c1-16-6-7(4-15-16)2-3-9(17)14-5-8(11)10(12)13/h4,6H,2-3,5H2,1H3,(H,14,17). The summed E-state index contributed by atoms with van der Waals surface area (Å²) in [7, 11) is 1.83. The lowest BCUT2D eigenvalue weighted by atomic mass is 10.2. The first-order chi connectivity index (χ1) is 7.99. The molecule has 1 rings (SSSR count). The van der Waals surface area contributed by atoms with Gasteiger partial charge in [0.1, 0.15) is 4.49 Å². The maximum atomic E-state index is 11.4. The van der Waals surface area contributed by atoms with E-state index in [9.17, 15) is 4.79 Å². The highest BCUT2D eigenvalue weighted by Gasteiger charge is 2.05. The van der Waals surface area contributed by atoms with Crippen LogP contribution in [0.25, 0.3) is 0 Å². The maximum Gasteiger partial charge on any atom is 0.220 e. The summed E-state index contributed by atoms with van der Waals surface area (Å²) in [4.78, 5) is 11.4. The van der Waals surface area contributed by atoms with E-state index in [1.807, 2.05) is 13.2 Å². The van der Waals surface area contributed by atoms with Crippen molar-refractivity contribution < 1.29 is 4.79 Å². The fourth-order valence-corrected chi connectivity index (χ4v) is 1.39. The lowest BCUT2D eigenvalue weighted by molar-refractivity contribution is -0.120. The second-order valence-corrected chi connectivity index (χ2v) is 4.87. The molecule has 1 aromatic heterocycles. The number of hydrogen-bond acceptors (Lipinski definition) is 2. The molecular formula is C10H12Cl3N3O. The van der Waals surface area contributed by atoms with Gasteiger partial charge in [-0.25, -0.2) is 0 Å². The molecule has 0 saturated heterocycles. The number of amides is 1. The average molecular weight is 297 g/mol. The Kier molecular flexibility index (Phi) is 5.82. The molecule has 0 radical (unpaired) electrons. The molecule has 1 aromatic rings. The topological polar surface area (TPSA) is 46.9 Å². The van der Waals surface area contributed by atoms with E-state index in [0.717, 1.165) is 5.56 Å². The minimum atomic E-state index is -0.110. The molecule has 17 heavy (non-hydrogen) atoms. The van der Waals surface area contributed by atoms with Gasteiger partial charge in [-0.15, -0.1) is 0 Å². The maximum absolute atomic E-state index is 11.4.